The van der Waals surface area contributed by atoms with Crippen LogP contribution in [-0.2, 0) is 0 Å². The Morgan fingerprint density at radius 3 is 2.80 bits per heavy atom. The van der Waals surface area contributed by atoms with Gasteiger partial charge < -0.3 is 0 Å². The van der Waals surface area contributed by atoms with Gasteiger partial charge in [0.2, 0.25) is 0 Å². The van der Waals surface area contributed by atoms with Crippen LogP contribution in [0.3, 0.4) is 0 Å². The molecule has 3 heteroatoms. The summed E-state index contributed by atoms with van der Waals surface area (Å²) in [6.07, 6.45) is 5.68. The number of H-pyrrole nitrogens is 1. The number of hydrogen-bond donors (Lipinski definition) is 1. The van der Waals surface area contributed by atoms with Crippen molar-refractivity contribution in [1.29, 1.82) is 0 Å². The molecule has 0 aliphatic heterocycles. The summed E-state index contributed by atoms with van der Waals surface area (Å²) in [5.74, 6) is 0. The summed E-state index contributed by atoms with van der Waals surface area (Å²) in [4.78, 5) is 4.31. The molecule has 0 atom stereocenters. The Morgan fingerprint density at radius 1 is 1.20 bits per heavy atom. The van der Waals surface area contributed by atoms with Gasteiger partial charge in [-0.25, -0.2) is 9.50 Å². The van der Waals surface area contributed by atoms with Crippen molar-refractivity contribution in [1.82, 2.24) is 14.6 Å². The first-order valence-electron chi connectivity index (χ1n) is 4.92. The molecule has 0 spiro atoms. The Kier molecular flexibility index (Phi) is 1.65. The minimum Gasteiger partial charge on any atom is -0.299 e. The van der Waals surface area contributed by atoms with Gasteiger partial charge in [-0.1, -0.05) is 29.8 Å². The lowest BCUT2D eigenvalue weighted by atomic mass is 10.1. The molecule has 15 heavy (non-hydrogen) atoms. The standard InChI is InChI=1S/C12H11N3/c1-9-2-4-10(5-3-9)11-8-14-15-7-6-13-12(11)15/h2-8,14H,1H3. The number of aromatic nitrogens is 3. The molecule has 3 nitrogen and oxygen atoms in total. The van der Waals surface area contributed by atoms with E-state index in [0.717, 1.165) is 11.2 Å². The Labute approximate surface area is 87.4 Å². The Balaban J connectivity index is 2.21. The van der Waals surface area contributed by atoms with Gasteiger partial charge in [0.25, 0.3) is 0 Å². The fourth-order valence-corrected chi connectivity index (χ4v) is 1.75. The highest BCUT2D eigenvalue weighted by molar-refractivity contribution is 5.76. The molecule has 0 unspecified atom stereocenters. The van der Waals surface area contributed by atoms with E-state index in [-0.39, 0.29) is 0 Å². The molecule has 0 bridgehead atoms. The molecule has 0 fully saturated rings. The molecule has 0 amide bonds. The van der Waals surface area contributed by atoms with Crippen molar-refractivity contribution < 1.29 is 0 Å². The number of benzene rings is 1. The first-order valence-corrected chi connectivity index (χ1v) is 4.92. The molecule has 0 radical (unpaired) electrons. The highest BCUT2D eigenvalue weighted by atomic mass is 15.2. The normalized spacial score (nSPS) is 11.0. The van der Waals surface area contributed by atoms with Crippen LogP contribution in [0.2, 0.25) is 0 Å². The van der Waals surface area contributed by atoms with Gasteiger partial charge in [-0.15, -0.1) is 0 Å². The van der Waals surface area contributed by atoms with Crippen molar-refractivity contribution in [2.75, 3.05) is 0 Å². The monoisotopic (exact) mass is 197 g/mol. The maximum atomic E-state index is 4.31. The quantitative estimate of drug-likeness (QED) is 0.639. The van der Waals surface area contributed by atoms with Crippen LogP contribution in [-0.4, -0.2) is 14.6 Å². The van der Waals surface area contributed by atoms with E-state index in [1.54, 1.807) is 6.20 Å². The minimum atomic E-state index is 0.971. The molecule has 0 aliphatic rings. The average molecular weight is 197 g/mol. The van der Waals surface area contributed by atoms with Crippen molar-refractivity contribution in [3.05, 3.63) is 48.4 Å². The third kappa shape index (κ3) is 1.24. The maximum Gasteiger partial charge on any atom is 0.160 e. The molecule has 1 N–H and O–H groups in total. The lowest BCUT2D eigenvalue weighted by Gasteiger charge is -1.97. The third-order valence-electron chi connectivity index (χ3n) is 2.59. The van der Waals surface area contributed by atoms with Gasteiger partial charge >= 0.3 is 0 Å². The molecule has 1 aromatic carbocycles. The van der Waals surface area contributed by atoms with Crippen LogP contribution in [0.5, 0.6) is 0 Å². The summed E-state index contributed by atoms with van der Waals surface area (Å²) >= 11 is 0. The van der Waals surface area contributed by atoms with E-state index in [4.69, 9.17) is 0 Å². The van der Waals surface area contributed by atoms with Crippen molar-refractivity contribution >= 4 is 5.65 Å². The van der Waals surface area contributed by atoms with E-state index in [0.29, 0.717) is 0 Å². The fraction of sp³-hybridized carbons (Fsp3) is 0.0833. The second kappa shape index (κ2) is 2.98. The summed E-state index contributed by atoms with van der Waals surface area (Å²) in [6.45, 7) is 2.09. The molecule has 0 saturated carbocycles. The zero-order valence-electron chi connectivity index (χ0n) is 8.44. The lowest BCUT2D eigenvalue weighted by molar-refractivity contribution is 0.973. The van der Waals surface area contributed by atoms with Crippen LogP contribution in [0.25, 0.3) is 16.8 Å². The molecule has 3 rings (SSSR count). The minimum absolute atomic E-state index is 0.971. The Morgan fingerprint density at radius 2 is 2.00 bits per heavy atom. The van der Waals surface area contributed by atoms with Crippen molar-refractivity contribution in [2.24, 2.45) is 0 Å². The smallest absolute Gasteiger partial charge is 0.160 e. The van der Waals surface area contributed by atoms with Crippen molar-refractivity contribution in [3.8, 4) is 11.1 Å². The van der Waals surface area contributed by atoms with E-state index in [1.165, 1.54) is 11.1 Å². The fourth-order valence-electron chi connectivity index (χ4n) is 1.75. The molecular formula is C12H11N3. The van der Waals surface area contributed by atoms with Gasteiger partial charge in [0.05, 0.1) is 0 Å². The van der Waals surface area contributed by atoms with Gasteiger partial charge in [0.15, 0.2) is 5.65 Å². The van der Waals surface area contributed by atoms with Crippen molar-refractivity contribution in [2.45, 2.75) is 6.92 Å². The van der Waals surface area contributed by atoms with Crippen LogP contribution in [0.4, 0.5) is 0 Å². The predicted molar refractivity (Wildman–Crippen MR) is 59.7 cm³/mol. The Bertz CT molecular complexity index is 587. The summed E-state index contributed by atoms with van der Waals surface area (Å²) in [7, 11) is 0. The van der Waals surface area contributed by atoms with E-state index in [2.05, 4.69) is 41.3 Å². The van der Waals surface area contributed by atoms with Gasteiger partial charge in [-0.05, 0) is 12.5 Å². The number of hydrogen-bond acceptors (Lipinski definition) is 1. The zero-order valence-corrected chi connectivity index (χ0v) is 8.44. The number of nitrogens with one attached hydrogen (secondary N) is 1. The van der Waals surface area contributed by atoms with Crippen LogP contribution in [0, 0.1) is 6.92 Å². The maximum absolute atomic E-state index is 4.31. The molecule has 2 heterocycles. The largest absolute Gasteiger partial charge is 0.299 e. The van der Waals surface area contributed by atoms with Crippen molar-refractivity contribution in [3.63, 3.8) is 0 Å². The van der Waals surface area contributed by atoms with E-state index in [1.807, 2.05) is 16.9 Å². The van der Waals surface area contributed by atoms with Gasteiger partial charge in [0, 0.05) is 24.2 Å². The van der Waals surface area contributed by atoms with E-state index < -0.39 is 0 Å². The van der Waals surface area contributed by atoms with Crippen LogP contribution in [0.1, 0.15) is 5.56 Å². The number of aryl methyl sites for hydroxylation is 1. The number of nitrogens with zero attached hydrogens (tertiary/aromatic N) is 2. The zero-order chi connectivity index (χ0) is 10.3. The second-order valence-corrected chi connectivity index (χ2v) is 3.67. The number of imidazole rings is 1. The SMILES string of the molecule is Cc1ccc(-c2c[nH]n3ccnc23)cc1. The van der Waals surface area contributed by atoms with E-state index >= 15 is 0 Å². The molecule has 74 valence electrons. The lowest BCUT2D eigenvalue weighted by Crippen LogP contribution is -1.79. The van der Waals surface area contributed by atoms with E-state index in [9.17, 15) is 0 Å². The molecule has 0 aliphatic carbocycles. The first kappa shape index (κ1) is 8.29. The molecule has 0 saturated heterocycles. The topological polar surface area (TPSA) is 33.1 Å². The number of aromatic amines is 1. The number of rotatable bonds is 1. The predicted octanol–water partition coefficient (Wildman–Crippen LogP) is 2.64. The first-order chi connectivity index (χ1) is 7.34. The van der Waals surface area contributed by atoms with Gasteiger partial charge in [0.1, 0.15) is 0 Å². The summed E-state index contributed by atoms with van der Waals surface area (Å²) in [5.41, 5.74) is 4.57. The molecule has 2 aromatic heterocycles. The van der Waals surface area contributed by atoms with Crippen LogP contribution in [0.15, 0.2) is 42.9 Å². The summed E-state index contributed by atoms with van der Waals surface area (Å²) in [6, 6.07) is 8.46. The molecule has 3 aromatic rings. The summed E-state index contributed by atoms with van der Waals surface area (Å²) < 4.78 is 1.91. The van der Waals surface area contributed by atoms with Crippen LogP contribution >= 0.6 is 0 Å². The second-order valence-electron chi connectivity index (χ2n) is 3.67. The average Bonchev–Trinajstić information content (AvgIpc) is 2.80. The Hall–Kier alpha value is -2.03. The molecular weight excluding hydrogens is 186 g/mol. The van der Waals surface area contributed by atoms with Gasteiger partial charge in [-0.3, -0.25) is 5.10 Å². The highest BCUT2D eigenvalue weighted by Gasteiger charge is 2.05. The van der Waals surface area contributed by atoms with Crippen LogP contribution < -0.4 is 0 Å². The van der Waals surface area contributed by atoms with Gasteiger partial charge in [-0.2, -0.15) is 0 Å². The number of fused-ring (bicyclic) bond motifs is 1. The summed E-state index contributed by atoms with van der Waals surface area (Å²) in [5, 5.41) is 3.14. The third-order valence-corrected chi connectivity index (χ3v) is 2.59. The highest BCUT2D eigenvalue weighted by Crippen LogP contribution is 2.23.